The van der Waals surface area contributed by atoms with Gasteiger partial charge >= 0.3 is 5.97 Å². The van der Waals surface area contributed by atoms with Gasteiger partial charge in [0.05, 0.1) is 5.69 Å². The van der Waals surface area contributed by atoms with E-state index in [0.717, 1.165) is 4.90 Å². The second-order valence-corrected chi connectivity index (χ2v) is 5.05. The van der Waals surface area contributed by atoms with Gasteiger partial charge in [0.25, 0.3) is 0 Å². The molecule has 0 saturated heterocycles. The molecule has 18 heavy (non-hydrogen) atoms. The summed E-state index contributed by atoms with van der Waals surface area (Å²) in [5.74, 6) is -0.837. The van der Waals surface area contributed by atoms with Crippen LogP contribution >= 0.6 is 11.8 Å². The Kier molecular flexibility index (Phi) is 2.41. The number of rotatable bonds is 1. The molecule has 0 bridgehead atoms. The Labute approximate surface area is 106 Å². The molecule has 1 N–H and O–H groups in total. The molecule has 2 heterocycles. The molecule has 0 atom stereocenters. The van der Waals surface area contributed by atoms with E-state index in [-0.39, 0.29) is 11.5 Å². The lowest BCUT2D eigenvalue weighted by molar-refractivity contribution is 0.0689. The van der Waals surface area contributed by atoms with Crippen LogP contribution in [0, 0.1) is 5.82 Å². The molecule has 0 unspecified atom stereocenters. The molecule has 0 fully saturated rings. The molecule has 92 valence electrons. The Morgan fingerprint density at radius 1 is 1.56 bits per heavy atom. The summed E-state index contributed by atoms with van der Waals surface area (Å²) in [7, 11) is 1.68. The standard InChI is InChI=1S/C12H9FN2O2S/c1-15-11-7-4-6(13)2-3-9(7)18-5-8(11)10(14-15)12(16)17/h2-4H,5H2,1H3,(H,16,17). The number of carbonyl (C=O) groups is 1. The quantitative estimate of drug-likeness (QED) is 0.860. The van der Waals surface area contributed by atoms with Crippen LogP contribution in [0.25, 0.3) is 11.3 Å². The van der Waals surface area contributed by atoms with Crippen LogP contribution in [0.15, 0.2) is 23.1 Å². The van der Waals surface area contributed by atoms with Crippen LogP contribution in [-0.4, -0.2) is 20.9 Å². The summed E-state index contributed by atoms with van der Waals surface area (Å²) in [5, 5.41) is 13.1. The number of aryl methyl sites for hydroxylation is 1. The number of aromatic nitrogens is 2. The maximum atomic E-state index is 13.3. The molecule has 0 saturated carbocycles. The van der Waals surface area contributed by atoms with Crippen molar-refractivity contribution in [3.8, 4) is 11.3 Å². The number of hydrogen-bond donors (Lipinski definition) is 1. The molecule has 2 aromatic rings. The second kappa shape index (κ2) is 3.84. The third-order valence-corrected chi connectivity index (χ3v) is 4.02. The number of halogens is 1. The van der Waals surface area contributed by atoms with E-state index in [1.54, 1.807) is 13.1 Å². The first-order valence-corrected chi connectivity index (χ1v) is 6.28. The summed E-state index contributed by atoms with van der Waals surface area (Å²) in [6.45, 7) is 0. The van der Waals surface area contributed by atoms with Crippen molar-refractivity contribution in [2.75, 3.05) is 0 Å². The van der Waals surface area contributed by atoms with Gasteiger partial charge in [0, 0.05) is 28.8 Å². The van der Waals surface area contributed by atoms with Gasteiger partial charge in [-0.1, -0.05) is 0 Å². The molecule has 1 aliphatic rings. The number of carboxylic acids is 1. The van der Waals surface area contributed by atoms with Crippen LogP contribution in [-0.2, 0) is 12.8 Å². The third kappa shape index (κ3) is 1.53. The summed E-state index contributed by atoms with van der Waals surface area (Å²) >= 11 is 1.50. The Bertz CT molecular complexity index is 666. The molecular formula is C12H9FN2O2S. The summed E-state index contributed by atoms with van der Waals surface area (Å²) in [6.07, 6.45) is 0. The van der Waals surface area contributed by atoms with Gasteiger partial charge in [-0.2, -0.15) is 5.10 Å². The highest BCUT2D eigenvalue weighted by atomic mass is 32.2. The highest BCUT2D eigenvalue weighted by Crippen LogP contribution is 2.42. The molecule has 0 spiro atoms. The summed E-state index contributed by atoms with van der Waals surface area (Å²) < 4.78 is 14.8. The third-order valence-electron chi connectivity index (χ3n) is 2.92. The number of aromatic carboxylic acids is 1. The highest BCUT2D eigenvalue weighted by molar-refractivity contribution is 7.98. The van der Waals surface area contributed by atoms with Crippen molar-refractivity contribution in [1.82, 2.24) is 9.78 Å². The van der Waals surface area contributed by atoms with Crippen LogP contribution in [0.1, 0.15) is 16.1 Å². The van der Waals surface area contributed by atoms with Crippen molar-refractivity contribution in [2.24, 2.45) is 7.05 Å². The monoisotopic (exact) mass is 264 g/mol. The van der Waals surface area contributed by atoms with E-state index in [0.29, 0.717) is 22.6 Å². The zero-order valence-corrected chi connectivity index (χ0v) is 10.3. The van der Waals surface area contributed by atoms with E-state index >= 15 is 0 Å². The van der Waals surface area contributed by atoms with E-state index in [9.17, 15) is 9.18 Å². The fourth-order valence-corrected chi connectivity index (χ4v) is 3.22. The normalized spacial score (nSPS) is 13.0. The number of benzene rings is 1. The Morgan fingerprint density at radius 3 is 3.06 bits per heavy atom. The molecule has 1 aromatic heterocycles. The van der Waals surface area contributed by atoms with E-state index in [1.807, 2.05) is 0 Å². The van der Waals surface area contributed by atoms with Gasteiger partial charge in [-0.25, -0.2) is 9.18 Å². The summed E-state index contributed by atoms with van der Waals surface area (Å²) in [4.78, 5) is 12.1. The van der Waals surface area contributed by atoms with Gasteiger partial charge in [-0.3, -0.25) is 4.68 Å². The second-order valence-electron chi connectivity index (χ2n) is 4.03. The number of fused-ring (bicyclic) bond motifs is 3. The van der Waals surface area contributed by atoms with Crippen molar-refractivity contribution in [2.45, 2.75) is 10.6 Å². The number of hydrogen-bond acceptors (Lipinski definition) is 3. The first-order valence-electron chi connectivity index (χ1n) is 5.30. The van der Waals surface area contributed by atoms with Gasteiger partial charge < -0.3 is 5.11 Å². The predicted molar refractivity (Wildman–Crippen MR) is 65.1 cm³/mol. The number of nitrogens with zero attached hydrogens (tertiary/aromatic N) is 2. The zero-order valence-electron chi connectivity index (χ0n) is 9.48. The minimum atomic E-state index is -1.05. The molecule has 1 aromatic carbocycles. The van der Waals surface area contributed by atoms with Crippen LogP contribution in [0.4, 0.5) is 4.39 Å². The van der Waals surface area contributed by atoms with Crippen LogP contribution in [0.5, 0.6) is 0 Å². The van der Waals surface area contributed by atoms with Crippen LogP contribution in [0.3, 0.4) is 0 Å². The Morgan fingerprint density at radius 2 is 2.33 bits per heavy atom. The smallest absolute Gasteiger partial charge is 0.356 e. The molecule has 0 aliphatic carbocycles. The maximum Gasteiger partial charge on any atom is 0.356 e. The number of carboxylic acid groups (broad SMARTS) is 1. The number of thioether (sulfide) groups is 1. The van der Waals surface area contributed by atoms with Crippen molar-refractivity contribution in [3.05, 3.63) is 35.3 Å². The van der Waals surface area contributed by atoms with Gasteiger partial charge in [-0.15, -0.1) is 11.8 Å². The fraction of sp³-hybridized carbons (Fsp3) is 0.167. The minimum Gasteiger partial charge on any atom is -0.476 e. The van der Waals surface area contributed by atoms with Crippen LogP contribution in [0.2, 0.25) is 0 Å². The lowest BCUT2D eigenvalue weighted by atomic mass is 10.1. The molecule has 1 aliphatic heterocycles. The Hall–Kier alpha value is -1.82. The van der Waals surface area contributed by atoms with Crippen molar-refractivity contribution in [1.29, 1.82) is 0 Å². The molecule has 4 nitrogen and oxygen atoms in total. The topological polar surface area (TPSA) is 55.1 Å². The Balaban J connectivity index is 2.30. The van der Waals surface area contributed by atoms with E-state index in [4.69, 9.17) is 5.11 Å². The predicted octanol–water partition coefficient (Wildman–Crippen LogP) is 2.53. The van der Waals surface area contributed by atoms with Crippen molar-refractivity contribution < 1.29 is 14.3 Å². The zero-order chi connectivity index (χ0) is 12.9. The first kappa shape index (κ1) is 11.3. The SMILES string of the molecule is Cn1nc(C(=O)O)c2c1-c1cc(F)ccc1SC2. The molecular weight excluding hydrogens is 255 g/mol. The lowest BCUT2D eigenvalue weighted by Crippen LogP contribution is -2.03. The van der Waals surface area contributed by atoms with E-state index in [1.165, 1.54) is 28.6 Å². The van der Waals surface area contributed by atoms with Crippen molar-refractivity contribution >= 4 is 17.7 Å². The molecule has 6 heteroatoms. The molecule has 0 amide bonds. The maximum absolute atomic E-state index is 13.3. The van der Waals surface area contributed by atoms with E-state index < -0.39 is 5.97 Å². The van der Waals surface area contributed by atoms with Gasteiger partial charge in [0.1, 0.15) is 5.82 Å². The van der Waals surface area contributed by atoms with Gasteiger partial charge in [-0.05, 0) is 18.2 Å². The highest BCUT2D eigenvalue weighted by Gasteiger charge is 2.27. The molecule has 3 rings (SSSR count). The van der Waals surface area contributed by atoms with E-state index in [2.05, 4.69) is 5.10 Å². The average molecular weight is 264 g/mol. The van der Waals surface area contributed by atoms with Crippen molar-refractivity contribution in [3.63, 3.8) is 0 Å². The van der Waals surface area contributed by atoms with Crippen LogP contribution < -0.4 is 0 Å². The van der Waals surface area contributed by atoms with Gasteiger partial charge in [0.15, 0.2) is 5.69 Å². The summed E-state index contributed by atoms with van der Waals surface area (Å²) in [5.41, 5.74) is 2.12. The molecule has 0 radical (unpaired) electrons. The largest absolute Gasteiger partial charge is 0.476 e. The fourth-order valence-electron chi connectivity index (χ4n) is 2.18. The average Bonchev–Trinajstić information content (AvgIpc) is 2.67. The minimum absolute atomic E-state index is 0.0508. The lowest BCUT2D eigenvalue weighted by Gasteiger charge is -2.16. The first-order chi connectivity index (χ1) is 8.58. The summed E-state index contributed by atoms with van der Waals surface area (Å²) in [6, 6.07) is 4.55. The van der Waals surface area contributed by atoms with Gasteiger partial charge in [0.2, 0.25) is 0 Å².